The first kappa shape index (κ1) is 11.2. The van der Waals surface area contributed by atoms with E-state index in [0.29, 0.717) is 18.2 Å². The Morgan fingerprint density at radius 3 is 2.92 bits per heavy atom. The first-order valence-corrected chi connectivity index (χ1v) is 4.55. The van der Waals surface area contributed by atoms with E-state index in [1.807, 2.05) is 0 Å². The maximum absolute atomic E-state index is 10.0. The van der Waals surface area contributed by atoms with Gasteiger partial charge in [0.05, 0.1) is 11.5 Å². The second kappa shape index (κ2) is 6.93. The Kier molecular flexibility index (Phi) is 6.50. The van der Waals surface area contributed by atoms with Crippen molar-refractivity contribution in [2.45, 2.75) is 0 Å². The molecular weight excluding hydrogens is 180 g/mol. The van der Waals surface area contributed by atoms with Gasteiger partial charge in [-0.3, -0.25) is 10.1 Å². The van der Waals surface area contributed by atoms with Gasteiger partial charge in [0, 0.05) is 13.7 Å². The molecule has 0 spiro atoms. The van der Waals surface area contributed by atoms with Gasteiger partial charge in [-0.1, -0.05) is 0 Å². The molecule has 0 aromatic carbocycles. The minimum absolute atomic E-state index is 0.481. The summed E-state index contributed by atoms with van der Waals surface area (Å²) in [5.74, 6) is 0. The van der Waals surface area contributed by atoms with Crippen molar-refractivity contribution < 1.29 is 9.66 Å². The third kappa shape index (κ3) is 5.99. The van der Waals surface area contributed by atoms with Crippen LogP contribution in [0.15, 0.2) is 11.2 Å². The van der Waals surface area contributed by atoms with Gasteiger partial charge in [-0.2, -0.15) is 0 Å². The number of methoxy groups -OCH3 is 1. The van der Waals surface area contributed by atoms with Crippen molar-refractivity contribution in [2.24, 2.45) is 0 Å². The van der Waals surface area contributed by atoms with E-state index in [9.17, 15) is 10.1 Å². The molecule has 0 bridgehead atoms. The molecule has 0 heterocycles. The lowest BCUT2D eigenvalue weighted by Crippen LogP contribution is -2.17. The predicted octanol–water partition coefficient (Wildman–Crippen LogP) is 0.661. The number of hydrogen-bond acceptors (Lipinski definition) is 5. The van der Waals surface area contributed by atoms with Gasteiger partial charge in [-0.25, -0.2) is 0 Å². The van der Waals surface area contributed by atoms with Crippen molar-refractivity contribution in [3.8, 4) is 0 Å². The molecule has 5 nitrogen and oxygen atoms in total. The summed E-state index contributed by atoms with van der Waals surface area (Å²) in [7, 11) is 1.58. The Morgan fingerprint density at radius 2 is 2.50 bits per heavy atom. The number of ether oxygens (including phenoxy) is 1. The van der Waals surface area contributed by atoms with Gasteiger partial charge >= 0.3 is 0 Å². The van der Waals surface area contributed by atoms with Crippen LogP contribution in [0.1, 0.15) is 0 Å². The van der Waals surface area contributed by atoms with Gasteiger partial charge in [0.2, 0.25) is 0 Å². The molecule has 6 heteroatoms. The van der Waals surface area contributed by atoms with Crippen molar-refractivity contribution in [3.05, 3.63) is 21.3 Å². The largest absolute Gasteiger partial charge is 0.383 e. The molecule has 0 atom stereocenters. The van der Waals surface area contributed by atoms with E-state index in [4.69, 9.17) is 4.74 Å². The van der Waals surface area contributed by atoms with Gasteiger partial charge in [0.25, 0.3) is 6.20 Å². The minimum atomic E-state index is -0.481. The van der Waals surface area contributed by atoms with Crippen LogP contribution in [0.4, 0.5) is 0 Å². The smallest absolute Gasteiger partial charge is 0.263 e. The van der Waals surface area contributed by atoms with Crippen molar-refractivity contribution in [1.82, 2.24) is 5.32 Å². The van der Waals surface area contributed by atoms with E-state index in [1.165, 1.54) is 11.8 Å². The Bertz CT molecular complexity index is 172. The maximum Gasteiger partial charge on any atom is 0.263 e. The monoisotopic (exact) mass is 192 g/mol. The van der Waals surface area contributed by atoms with Crippen molar-refractivity contribution in [2.75, 3.05) is 26.5 Å². The highest BCUT2D eigenvalue weighted by Gasteiger charge is 1.98. The molecule has 0 aliphatic heterocycles. The highest BCUT2D eigenvalue weighted by atomic mass is 32.2. The van der Waals surface area contributed by atoms with Gasteiger partial charge in [-0.05, 0) is 6.26 Å². The SMILES string of the molecule is COCCN/C(=C/[N+](=O)[O-])SC. The Hall–Kier alpha value is -0.750. The number of nitrogens with zero attached hydrogens (tertiary/aromatic N) is 1. The summed E-state index contributed by atoms with van der Waals surface area (Å²) in [5.41, 5.74) is 0. The van der Waals surface area contributed by atoms with Crippen molar-refractivity contribution >= 4 is 11.8 Å². The van der Waals surface area contributed by atoms with Gasteiger partial charge < -0.3 is 10.1 Å². The molecule has 0 aromatic rings. The lowest BCUT2D eigenvalue weighted by molar-refractivity contribution is -0.403. The molecule has 0 radical (unpaired) electrons. The second-order valence-electron chi connectivity index (χ2n) is 1.90. The fourth-order valence-corrected chi connectivity index (χ4v) is 0.980. The number of rotatable bonds is 6. The average molecular weight is 192 g/mol. The summed E-state index contributed by atoms with van der Waals surface area (Å²) in [6.07, 6.45) is 2.72. The molecule has 12 heavy (non-hydrogen) atoms. The van der Waals surface area contributed by atoms with Crippen LogP contribution < -0.4 is 5.32 Å². The Morgan fingerprint density at radius 1 is 1.83 bits per heavy atom. The van der Waals surface area contributed by atoms with E-state index in [-0.39, 0.29) is 0 Å². The molecule has 0 fully saturated rings. The van der Waals surface area contributed by atoms with Crippen molar-refractivity contribution in [3.63, 3.8) is 0 Å². The van der Waals surface area contributed by atoms with Crippen LogP contribution in [-0.2, 0) is 4.74 Å². The summed E-state index contributed by atoms with van der Waals surface area (Å²) in [6, 6.07) is 0. The van der Waals surface area contributed by atoms with Crippen LogP contribution in [0.2, 0.25) is 0 Å². The maximum atomic E-state index is 10.0. The minimum Gasteiger partial charge on any atom is -0.383 e. The van der Waals surface area contributed by atoms with Crippen LogP contribution in [0.5, 0.6) is 0 Å². The lowest BCUT2D eigenvalue weighted by Gasteiger charge is -2.03. The summed E-state index contributed by atoms with van der Waals surface area (Å²) in [4.78, 5) is 9.57. The molecule has 0 saturated carbocycles. The van der Waals surface area contributed by atoms with Crippen molar-refractivity contribution in [1.29, 1.82) is 0 Å². The van der Waals surface area contributed by atoms with E-state index >= 15 is 0 Å². The topological polar surface area (TPSA) is 64.4 Å². The molecule has 0 aromatic heterocycles. The Labute approximate surface area is 75.3 Å². The second-order valence-corrected chi connectivity index (χ2v) is 2.75. The average Bonchev–Trinajstić information content (AvgIpc) is 2.02. The molecule has 0 aliphatic rings. The summed E-state index contributed by atoms with van der Waals surface area (Å²) in [6.45, 7) is 1.12. The first-order valence-electron chi connectivity index (χ1n) is 3.32. The van der Waals surface area contributed by atoms with Gasteiger partial charge in [0.15, 0.2) is 0 Å². The molecule has 0 unspecified atom stereocenters. The summed E-state index contributed by atoms with van der Waals surface area (Å²) in [5, 5.41) is 13.4. The normalized spacial score (nSPS) is 11.3. The number of thioether (sulfide) groups is 1. The van der Waals surface area contributed by atoms with Crippen LogP contribution in [-0.4, -0.2) is 31.4 Å². The quantitative estimate of drug-likeness (QED) is 0.380. The zero-order chi connectivity index (χ0) is 9.40. The van der Waals surface area contributed by atoms with Gasteiger partial charge in [-0.15, -0.1) is 11.8 Å². The van der Waals surface area contributed by atoms with Crippen LogP contribution in [0.25, 0.3) is 0 Å². The van der Waals surface area contributed by atoms with Crippen LogP contribution >= 0.6 is 11.8 Å². The molecular formula is C6H12N2O3S. The predicted molar refractivity (Wildman–Crippen MR) is 48.5 cm³/mol. The number of nitro groups is 1. The van der Waals surface area contributed by atoms with E-state index in [0.717, 1.165) is 6.20 Å². The zero-order valence-corrected chi connectivity index (χ0v) is 7.89. The molecule has 0 saturated heterocycles. The highest BCUT2D eigenvalue weighted by Crippen LogP contribution is 2.05. The Balaban J connectivity index is 3.75. The zero-order valence-electron chi connectivity index (χ0n) is 7.07. The standard InChI is InChI=1S/C6H12N2O3S/c1-11-4-3-7-6(12-2)5-8(9)10/h5,7H,3-4H2,1-2H3/b6-5-. The lowest BCUT2D eigenvalue weighted by atomic mass is 10.7. The molecule has 0 amide bonds. The summed E-state index contributed by atoms with van der Waals surface area (Å²) < 4.78 is 4.77. The van der Waals surface area contributed by atoms with Crippen LogP contribution in [0.3, 0.4) is 0 Å². The van der Waals surface area contributed by atoms with E-state index in [2.05, 4.69) is 5.32 Å². The third-order valence-electron chi connectivity index (χ3n) is 1.05. The fraction of sp³-hybridized carbons (Fsp3) is 0.667. The van der Waals surface area contributed by atoms with Gasteiger partial charge in [0.1, 0.15) is 5.03 Å². The fourth-order valence-electron chi connectivity index (χ4n) is 0.543. The number of nitrogens with one attached hydrogen (secondary N) is 1. The molecule has 0 rings (SSSR count). The third-order valence-corrected chi connectivity index (χ3v) is 1.74. The first-order chi connectivity index (χ1) is 5.70. The van der Waals surface area contributed by atoms with E-state index in [1.54, 1.807) is 13.4 Å². The summed E-state index contributed by atoms with van der Waals surface area (Å²) >= 11 is 1.30. The molecule has 70 valence electrons. The number of hydrogen-bond donors (Lipinski definition) is 1. The molecule has 0 aliphatic carbocycles. The molecule has 1 N–H and O–H groups in total. The highest BCUT2D eigenvalue weighted by molar-refractivity contribution is 8.02. The van der Waals surface area contributed by atoms with Crippen LogP contribution in [0, 0.1) is 10.1 Å². The van der Waals surface area contributed by atoms with E-state index < -0.39 is 4.92 Å².